The van der Waals surface area contributed by atoms with Crippen LogP contribution in [0.1, 0.15) is 19.3 Å². The van der Waals surface area contributed by atoms with Crippen LogP contribution in [0, 0.1) is 0 Å². The van der Waals surface area contributed by atoms with E-state index in [1.165, 1.54) is 0 Å². The zero-order chi connectivity index (χ0) is 26.2. The van der Waals surface area contributed by atoms with Crippen LogP contribution in [-0.2, 0) is 17.2 Å². The fourth-order valence-electron chi connectivity index (χ4n) is 4.24. The minimum absolute atomic E-state index is 0.575. The second-order valence-electron chi connectivity index (χ2n) is 10.8. The molecule has 0 heterocycles. The van der Waals surface area contributed by atoms with E-state index in [0.717, 1.165) is 0 Å². The maximum Gasteiger partial charge on any atom is 0.445 e. The molecule has 0 aromatic heterocycles. The topological polar surface area (TPSA) is 44.8 Å². The SMILES string of the molecule is C[Si](C)(OP(=O)(O[Si](C)(C)C1(Cl)C=CC=CC1)O[Si](C)(C)C1(Cl)C=CC=CC1)C1(Cl)C=CC=CC1. The molecule has 3 aliphatic carbocycles. The Morgan fingerprint density at radius 1 is 0.571 bits per heavy atom. The van der Waals surface area contributed by atoms with Gasteiger partial charge in [0.1, 0.15) is 0 Å². The van der Waals surface area contributed by atoms with Crippen LogP contribution in [0.25, 0.3) is 0 Å². The van der Waals surface area contributed by atoms with Crippen molar-refractivity contribution in [2.75, 3.05) is 0 Å². The number of phosphoric acid groups is 1. The molecule has 3 atom stereocenters. The van der Waals surface area contributed by atoms with E-state index >= 15 is 0 Å². The lowest BCUT2D eigenvalue weighted by molar-refractivity contribution is 0.281. The minimum atomic E-state index is -4.15. The molecule has 0 saturated carbocycles. The molecule has 35 heavy (non-hydrogen) atoms. The van der Waals surface area contributed by atoms with Crippen molar-refractivity contribution in [1.29, 1.82) is 0 Å². The molecule has 3 aliphatic rings. The van der Waals surface area contributed by atoms with Crippen LogP contribution in [0.5, 0.6) is 0 Å². The van der Waals surface area contributed by atoms with Crippen molar-refractivity contribution in [1.82, 2.24) is 0 Å². The highest BCUT2D eigenvalue weighted by atomic mass is 35.5. The molecule has 0 fully saturated rings. The van der Waals surface area contributed by atoms with E-state index in [9.17, 15) is 4.57 Å². The van der Waals surface area contributed by atoms with Gasteiger partial charge in [0, 0.05) is 0 Å². The smallest absolute Gasteiger partial charge is 0.329 e. The number of hydrogen-bond donors (Lipinski definition) is 0. The Hall–Kier alpha value is 0.0706. The summed E-state index contributed by atoms with van der Waals surface area (Å²) >= 11 is 21.2. The van der Waals surface area contributed by atoms with Crippen molar-refractivity contribution in [3.8, 4) is 0 Å². The molecule has 0 aromatic carbocycles. The van der Waals surface area contributed by atoms with Gasteiger partial charge in [0.05, 0.1) is 13.5 Å². The molecule has 3 rings (SSSR count). The summed E-state index contributed by atoms with van der Waals surface area (Å²) in [7, 11) is -12.9. The summed E-state index contributed by atoms with van der Waals surface area (Å²) in [5, 5.41) is 0. The summed E-state index contributed by atoms with van der Waals surface area (Å²) in [6.45, 7) is 11.7. The van der Waals surface area contributed by atoms with Crippen LogP contribution in [0.2, 0.25) is 39.3 Å². The van der Waals surface area contributed by atoms with Crippen LogP contribution >= 0.6 is 42.6 Å². The Kier molecular flexibility index (Phi) is 8.74. The average Bonchev–Trinajstić information content (AvgIpc) is 2.73. The normalized spacial score (nSPS) is 32.7. The first-order chi connectivity index (χ1) is 16.0. The highest BCUT2D eigenvalue weighted by Crippen LogP contribution is 2.61. The molecule has 0 radical (unpaired) electrons. The molecule has 0 saturated heterocycles. The number of rotatable bonds is 9. The Morgan fingerprint density at radius 3 is 1.03 bits per heavy atom. The second-order valence-corrected chi connectivity index (χ2v) is 28.6. The maximum atomic E-state index is 14.7. The van der Waals surface area contributed by atoms with Crippen molar-refractivity contribution in [2.45, 2.75) is 72.0 Å². The average molecular weight is 610 g/mol. The second kappa shape index (κ2) is 10.3. The van der Waals surface area contributed by atoms with Gasteiger partial charge in [-0.15, -0.1) is 34.8 Å². The quantitative estimate of drug-likeness (QED) is 0.149. The minimum Gasteiger partial charge on any atom is -0.329 e. The van der Waals surface area contributed by atoms with Crippen molar-refractivity contribution in [3.05, 3.63) is 72.9 Å². The molecule has 0 aliphatic heterocycles. The fraction of sp³-hybridized carbons (Fsp3) is 0.500. The fourth-order valence-corrected chi connectivity index (χ4v) is 19.0. The van der Waals surface area contributed by atoms with E-state index in [4.69, 9.17) is 47.4 Å². The highest BCUT2D eigenvalue weighted by Gasteiger charge is 2.58. The predicted octanol–water partition coefficient (Wildman–Crippen LogP) is 8.86. The summed E-state index contributed by atoms with van der Waals surface area (Å²) < 4.78 is 31.9. The Morgan fingerprint density at radius 2 is 0.829 bits per heavy atom. The molecule has 0 spiro atoms. The van der Waals surface area contributed by atoms with Crippen LogP contribution in [0.15, 0.2) is 72.9 Å². The van der Waals surface area contributed by atoms with Gasteiger partial charge in [0.25, 0.3) is 0 Å². The molecule has 3 unspecified atom stereocenters. The van der Waals surface area contributed by atoms with Crippen LogP contribution in [0.4, 0.5) is 0 Å². The molecular weight excluding hydrogens is 574 g/mol. The first kappa shape index (κ1) is 29.6. The third-order valence-electron chi connectivity index (χ3n) is 7.09. The van der Waals surface area contributed by atoms with Gasteiger partial charge in [-0.25, -0.2) is 4.57 Å². The molecular formula is C24H36Cl3O4PSi3. The lowest BCUT2D eigenvalue weighted by atomic mass is 10.2. The van der Waals surface area contributed by atoms with E-state index in [-0.39, 0.29) is 0 Å². The van der Waals surface area contributed by atoms with Gasteiger partial charge in [-0.2, -0.15) is 0 Å². The molecule has 0 N–H and O–H groups in total. The number of allylic oxidation sites excluding steroid dienone is 12. The van der Waals surface area contributed by atoms with Gasteiger partial charge in [0.15, 0.2) is 0 Å². The Balaban J connectivity index is 2.00. The first-order valence-corrected chi connectivity index (χ1v) is 23.1. The third kappa shape index (κ3) is 6.22. The van der Waals surface area contributed by atoms with Crippen molar-refractivity contribution < 1.29 is 17.2 Å². The van der Waals surface area contributed by atoms with E-state index in [2.05, 4.69) is 0 Å². The van der Waals surface area contributed by atoms with Gasteiger partial charge in [-0.3, -0.25) is 0 Å². The van der Waals surface area contributed by atoms with Crippen LogP contribution in [-0.4, -0.2) is 38.4 Å². The largest absolute Gasteiger partial charge is 0.445 e. The number of halogens is 3. The van der Waals surface area contributed by atoms with Crippen molar-refractivity contribution in [3.63, 3.8) is 0 Å². The summed E-state index contributed by atoms with van der Waals surface area (Å²) in [6.07, 6.45) is 25.0. The van der Waals surface area contributed by atoms with E-state index < -0.39 is 46.3 Å². The van der Waals surface area contributed by atoms with E-state index in [1.54, 1.807) is 0 Å². The monoisotopic (exact) mass is 608 g/mol. The van der Waals surface area contributed by atoms with Crippen molar-refractivity contribution in [2.24, 2.45) is 0 Å². The molecule has 194 valence electrons. The van der Waals surface area contributed by atoms with Gasteiger partial charge in [-0.1, -0.05) is 72.9 Å². The van der Waals surface area contributed by atoms with Gasteiger partial charge in [-0.05, 0) is 58.5 Å². The highest BCUT2D eigenvalue weighted by molar-refractivity contribution is 7.54. The zero-order valence-corrected chi connectivity index (χ0v) is 27.4. The van der Waals surface area contributed by atoms with Gasteiger partial charge in [0.2, 0.25) is 25.0 Å². The lowest BCUT2D eigenvalue weighted by Gasteiger charge is -2.46. The van der Waals surface area contributed by atoms with E-state index in [0.29, 0.717) is 19.3 Å². The predicted molar refractivity (Wildman–Crippen MR) is 158 cm³/mol. The Labute approximate surface area is 228 Å². The summed E-state index contributed by atoms with van der Waals surface area (Å²) in [6, 6.07) is 0. The molecule has 0 aromatic rings. The molecule has 4 nitrogen and oxygen atoms in total. The molecule has 0 bridgehead atoms. The first-order valence-electron chi connectivity index (χ1n) is 11.8. The molecule has 11 heteroatoms. The zero-order valence-electron chi connectivity index (χ0n) is 21.3. The van der Waals surface area contributed by atoms with Crippen LogP contribution in [0.3, 0.4) is 0 Å². The third-order valence-corrected chi connectivity index (χ3v) is 27.3. The van der Waals surface area contributed by atoms with Crippen molar-refractivity contribution >= 4 is 67.6 Å². The van der Waals surface area contributed by atoms with Gasteiger partial charge < -0.3 is 12.6 Å². The summed E-state index contributed by atoms with van der Waals surface area (Å²) in [5.41, 5.74) is 0. The lowest BCUT2D eigenvalue weighted by Crippen LogP contribution is -2.56. The molecule has 0 amide bonds. The standard InChI is InChI=1S/C24H36Cl3O4PSi3/c1-33(2,22(25)16-10-7-11-17-22)29-32(28,30-34(3,4)23(26)18-12-8-13-19-23)31-35(5,6)24(27)20-14-9-15-21-24/h7-16,18,20H,17,19,21H2,1-6H3. The van der Waals surface area contributed by atoms with Crippen LogP contribution < -0.4 is 0 Å². The summed E-state index contributed by atoms with van der Waals surface area (Å²) in [4.78, 5) is 0. The Bertz CT molecular complexity index is 924. The van der Waals surface area contributed by atoms with E-state index in [1.807, 2.05) is 112 Å². The number of hydrogen-bond acceptors (Lipinski definition) is 4. The maximum absolute atomic E-state index is 14.7. The summed E-state index contributed by atoms with van der Waals surface area (Å²) in [5.74, 6) is 0. The van der Waals surface area contributed by atoms with Gasteiger partial charge >= 0.3 is 7.82 Å². The number of alkyl halides is 3.